The van der Waals surface area contributed by atoms with Crippen LogP contribution in [-0.4, -0.2) is 28.8 Å². The maximum absolute atomic E-state index is 13.7. The zero-order valence-electron chi connectivity index (χ0n) is 20.3. The van der Waals surface area contributed by atoms with E-state index in [0.29, 0.717) is 18.0 Å². The van der Waals surface area contributed by atoms with Crippen molar-refractivity contribution in [3.8, 4) is 0 Å². The van der Waals surface area contributed by atoms with Crippen LogP contribution in [0.3, 0.4) is 0 Å². The molecule has 178 valence electrons. The Balaban J connectivity index is 1.98. The van der Waals surface area contributed by atoms with Crippen LogP contribution in [0.4, 0.5) is 0 Å². The van der Waals surface area contributed by atoms with Gasteiger partial charge in [0.05, 0.1) is 6.42 Å². The SMILES string of the molecule is Cc1ccc(CC(=O)N(Cc2cccc(Cl)c2)C(Cc2ccccc2)C(=O)NC(C)C)cc1C. The van der Waals surface area contributed by atoms with Crippen LogP contribution in [0.2, 0.25) is 5.02 Å². The molecule has 0 radical (unpaired) electrons. The Kier molecular flexibility index (Phi) is 8.89. The highest BCUT2D eigenvalue weighted by molar-refractivity contribution is 6.30. The van der Waals surface area contributed by atoms with Gasteiger partial charge in [0.25, 0.3) is 0 Å². The molecule has 0 aliphatic carbocycles. The van der Waals surface area contributed by atoms with Gasteiger partial charge in [-0.05, 0) is 67.6 Å². The number of hydrogen-bond acceptors (Lipinski definition) is 2. The van der Waals surface area contributed by atoms with Crippen molar-refractivity contribution in [2.24, 2.45) is 0 Å². The van der Waals surface area contributed by atoms with Gasteiger partial charge in [0.2, 0.25) is 11.8 Å². The first kappa shape index (κ1) is 25.5. The van der Waals surface area contributed by atoms with Gasteiger partial charge in [-0.1, -0.05) is 72.3 Å². The van der Waals surface area contributed by atoms with Crippen molar-refractivity contribution < 1.29 is 9.59 Å². The molecule has 3 aromatic rings. The number of aryl methyl sites for hydroxylation is 2. The minimum Gasteiger partial charge on any atom is -0.352 e. The number of carbonyl (C=O) groups is 2. The first-order chi connectivity index (χ1) is 16.2. The van der Waals surface area contributed by atoms with Crippen LogP contribution < -0.4 is 5.32 Å². The van der Waals surface area contributed by atoms with Crippen LogP contribution in [0, 0.1) is 13.8 Å². The molecule has 0 saturated heterocycles. The maximum Gasteiger partial charge on any atom is 0.243 e. The van der Waals surface area contributed by atoms with Crippen LogP contribution in [-0.2, 0) is 29.0 Å². The Morgan fingerprint density at radius 3 is 2.21 bits per heavy atom. The molecule has 1 unspecified atom stereocenters. The highest BCUT2D eigenvalue weighted by atomic mass is 35.5. The summed E-state index contributed by atoms with van der Waals surface area (Å²) in [6.45, 7) is 8.25. The topological polar surface area (TPSA) is 49.4 Å². The summed E-state index contributed by atoms with van der Waals surface area (Å²) >= 11 is 6.23. The van der Waals surface area contributed by atoms with Gasteiger partial charge in [-0.3, -0.25) is 9.59 Å². The van der Waals surface area contributed by atoms with E-state index in [1.54, 1.807) is 11.0 Å². The molecule has 0 saturated carbocycles. The van der Waals surface area contributed by atoms with Gasteiger partial charge in [-0.25, -0.2) is 0 Å². The van der Waals surface area contributed by atoms with E-state index in [2.05, 4.69) is 12.2 Å². The summed E-state index contributed by atoms with van der Waals surface area (Å²) in [4.78, 5) is 28.8. The van der Waals surface area contributed by atoms with E-state index in [4.69, 9.17) is 11.6 Å². The lowest BCUT2D eigenvalue weighted by molar-refractivity contribution is -0.141. The van der Waals surface area contributed by atoms with Gasteiger partial charge in [0.1, 0.15) is 6.04 Å². The third kappa shape index (κ3) is 7.19. The van der Waals surface area contributed by atoms with Crippen molar-refractivity contribution >= 4 is 23.4 Å². The molecule has 1 N–H and O–H groups in total. The Morgan fingerprint density at radius 2 is 1.56 bits per heavy atom. The number of carbonyl (C=O) groups excluding carboxylic acids is 2. The van der Waals surface area contributed by atoms with Crippen LogP contribution in [0.5, 0.6) is 0 Å². The monoisotopic (exact) mass is 476 g/mol. The summed E-state index contributed by atoms with van der Waals surface area (Å²) in [7, 11) is 0. The highest BCUT2D eigenvalue weighted by Gasteiger charge is 2.30. The fraction of sp³-hybridized carbons (Fsp3) is 0.310. The number of hydrogen-bond donors (Lipinski definition) is 1. The molecule has 0 aromatic heterocycles. The van der Waals surface area contributed by atoms with E-state index < -0.39 is 6.04 Å². The Bertz CT molecular complexity index is 1130. The van der Waals surface area contributed by atoms with Crippen LogP contribution in [0.1, 0.15) is 41.7 Å². The van der Waals surface area contributed by atoms with Crippen molar-refractivity contribution in [1.82, 2.24) is 10.2 Å². The molecule has 0 bridgehead atoms. The summed E-state index contributed by atoms with van der Waals surface area (Å²) in [6.07, 6.45) is 0.653. The van der Waals surface area contributed by atoms with Crippen molar-refractivity contribution in [3.05, 3.63) is 106 Å². The molecule has 4 nitrogen and oxygen atoms in total. The van der Waals surface area contributed by atoms with Gasteiger partial charge in [-0.15, -0.1) is 0 Å². The Labute approximate surface area is 207 Å². The van der Waals surface area contributed by atoms with E-state index >= 15 is 0 Å². The minimum absolute atomic E-state index is 0.0337. The van der Waals surface area contributed by atoms with E-state index in [9.17, 15) is 9.59 Å². The summed E-state index contributed by atoms with van der Waals surface area (Å²) in [6, 6.07) is 22.6. The molecule has 3 aromatic carbocycles. The summed E-state index contributed by atoms with van der Waals surface area (Å²) in [5, 5.41) is 3.62. The zero-order valence-corrected chi connectivity index (χ0v) is 21.1. The molecule has 5 heteroatoms. The Hall–Kier alpha value is -3.11. The fourth-order valence-corrected chi connectivity index (χ4v) is 4.17. The standard InChI is InChI=1S/C29H33ClN2O2/c1-20(2)31-29(34)27(17-23-9-6-5-7-10-23)32(19-25-11-8-12-26(30)16-25)28(33)18-24-14-13-21(3)22(4)15-24/h5-16,20,27H,17-19H2,1-4H3,(H,31,34). The van der Waals surface area contributed by atoms with Gasteiger partial charge in [0, 0.05) is 24.0 Å². The summed E-state index contributed by atoms with van der Waals surface area (Å²) in [5.74, 6) is -0.252. The molecule has 0 spiro atoms. The average molecular weight is 477 g/mol. The summed E-state index contributed by atoms with van der Waals surface area (Å²) < 4.78 is 0. The first-order valence-electron chi connectivity index (χ1n) is 11.7. The molecule has 0 fully saturated rings. The van der Waals surface area contributed by atoms with Crippen LogP contribution in [0.25, 0.3) is 0 Å². The van der Waals surface area contributed by atoms with Gasteiger partial charge < -0.3 is 10.2 Å². The van der Waals surface area contributed by atoms with Crippen molar-refractivity contribution in [2.75, 3.05) is 0 Å². The van der Waals surface area contributed by atoms with E-state index in [-0.39, 0.29) is 24.3 Å². The van der Waals surface area contributed by atoms with Crippen molar-refractivity contribution in [1.29, 1.82) is 0 Å². The second-order valence-electron chi connectivity index (χ2n) is 9.12. The largest absolute Gasteiger partial charge is 0.352 e. The van der Waals surface area contributed by atoms with E-state index in [1.165, 1.54) is 5.56 Å². The lowest BCUT2D eigenvalue weighted by atomic mass is 10.00. The first-order valence-corrected chi connectivity index (χ1v) is 12.0. The predicted octanol–water partition coefficient (Wildman–Crippen LogP) is 5.66. The number of nitrogens with one attached hydrogen (secondary N) is 1. The Morgan fingerprint density at radius 1 is 0.853 bits per heavy atom. The molecular weight excluding hydrogens is 444 g/mol. The molecular formula is C29H33ClN2O2. The highest BCUT2D eigenvalue weighted by Crippen LogP contribution is 2.19. The quantitative estimate of drug-likeness (QED) is 0.433. The number of halogens is 1. The number of amides is 2. The number of nitrogens with zero attached hydrogens (tertiary/aromatic N) is 1. The third-order valence-corrected chi connectivity index (χ3v) is 6.11. The second-order valence-corrected chi connectivity index (χ2v) is 9.55. The predicted molar refractivity (Wildman–Crippen MR) is 139 cm³/mol. The minimum atomic E-state index is -0.650. The van der Waals surface area contributed by atoms with E-state index in [0.717, 1.165) is 22.3 Å². The lowest BCUT2D eigenvalue weighted by Gasteiger charge is -2.32. The maximum atomic E-state index is 13.7. The molecule has 2 amide bonds. The molecule has 34 heavy (non-hydrogen) atoms. The second kappa shape index (κ2) is 11.8. The lowest BCUT2D eigenvalue weighted by Crippen LogP contribution is -2.52. The number of benzene rings is 3. The molecule has 0 aliphatic rings. The normalized spacial score (nSPS) is 11.8. The average Bonchev–Trinajstić information content (AvgIpc) is 2.79. The fourth-order valence-electron chi connectivity index (χ4n) is 3.96. The van der Waals surface area contributed by atoms with Gasteiger partial charge in [0.15, 0.2) is 0 Å². The van der Waals surface area contributed by atoms with Crippen molar-refractivity contribution in [3.63, 3.8) is 0 Å². The van der Waals surface area contributed by atoms with Gasteiger partial charge in [-0.2, -0.15) is 0 Å². The molecule has 0 aliphatic heterocycles. The smallest absolute Gasteiger partial charge is 0.243 e. The van der Waals surface area contributed by atoms with Crippen molar-refractivity contribution in [2.45, 2.75) is 59.2 Å². The third-order valence-electron chi connectivity index (χ3n) is 5.87. The van der Waals surface area contributed by atoms with Crippen LogP contribution in [0.15, 0.2) is 72.8 Å². The van der Waals surface area contributed by atoms with Gasteiger partial charge >= 0.3 is 0 Å². The van der Waals surface area contributed by atoms with E-state index in [1.807, 2.05) is 87.5 Å². The number of rotatable bonds is 9. The molecule has 3 rings (SSSR count). The zero-order chi connectivity index (χ0) is 24.7. The summed E-state index contributed by atoms with van der Waals surface area (Å²) in [5.41, 5.74) is 5.15. The molecule has 1 atom stereocenters. The molecule has 0 heterocycles. The van der Waals surface area contributed by atoms with Crippen LogP contribution >= 0.6 is 11.6 Å².